The van der Waals surface area contributed by atoms with E-state index in [0.29, 0.717) is 13.0 Å². The number of amides is 1. The smallest absolute Gasteiger partial charge is 0.237 e. The summed E-state index contributed by atoms with van der Waals surface area (Å²) in [7, 11) is 1.73. The summed E-state index contributed by atoms with van der Waals surface area (Å²) < 4.78 is 0. The molecule has 64 valence electrons. The first-order chi connectivity index (χ1) is 5.11. The van der Waals surface area contributed by atoms with E-state index in [9.17, 15) is 4.79 Å². The molecule has 0 aromatic carbocycles. The summed E-state index contributed by atoms with van der Waals surface area (Å²) in [4.78, 5) is 11.0. The van der Waals surface area contributed by atoms with Gasteiger partial charge in [0, 0.05) is 26.6 Å². The summed E-state index contributed by atoms with van der Waals surface area (Å²) in [5, 5.41) is 12.5. The summed E-state index contributed by atoms with van der Waals surface area (Å²) in [6, 6.07) is 0. The number of β-amino-alcohol motifs (C(OH)–C–C–N with tert-alkyl or cyclic N) is 1. The lowest BCUT2D eigenvalue weighted by Crippen LogP contribution is -2.39. The van der Waals surface area contributed by atoms with Crippen LogP contribution in [0.3, 0.4) is 0 Å². The number of hydrazine groups is 1. The van der Waals surface area contributed by atoms with Gasteiger partial charge in [-0.15, -0.1) is 0 Å². The van der Waals surface area contributed by atoms with Crippen LogP contribution in [0.1, 0.15) is 13.3 Å². The molecular weight excluding hydrogens is 144 g/mol. The van der Waals surface area contributed by atoms with Crippen LogP contribution >= 0.6 is 0 Å². The highest BCUT2D eigenvalue weighted by Gasteiger charge is 2.25. The maximum Gasteiger partial charge on any atom is 0.237 e. The number of carbonyl (C=O) groups is 1. The quantitative estimate of drug-likeness (QED) is 0.586. The zero-order valence-corrected chi connectivity index (χ0v) is 6.95. The van der Waals surface area contributed by atoms with Crippen LogP contribution in [0, 0.1) is 0 Å². The van der Waals surface area contributed by atoms with Gasteiger partial charge >= 0.3 is 0 Å². The van der Waals surface area contributed by atoms with Gasteiger partial charge in [0.1, 0.15) is 0 Å². The molecule has 4 nitrogen and oxygen atoms in total. The molecule has 1 atom stereocenters. The zero-order chi connectivity index (χ0) is 8.43. The van der Waals surface area contributed by atoms with Crippen molar-refractivity contribution in [2.24, 2.45) is 0 Å². The van der Waals surface area contributed by atoms with Gasteiger partial charge in [-0.25, -0.2) is 5.01 Å². The molecule has 0 aliphatic carbocycles. The predicted molar refractivity (Wildman–Crippen MR) is 40.6 cm³/mol. The fourth-order valence-electron chi connectivity index (χ4n) is 1.21. The Morgan fingerprint density at radius 1 is 1.73 bits per heavy atom. The van der Waals surface area contributed by atoms with Crippen molar-refractivity contribution in [2.45, 2.75) is 19.4 Å². The third-order valence-electron chi connectivity index (χ3n) is 1.84. The van der Waals surface area contributed by atoms with Gasteiger partial charge in [-0.1, -0.05) is 0 Å². The second kappa shape index (κ2) is 3.19. The highest BCUT2D eigenvalue weighted by molar-refractivity contribution is 5.77. The van der Waals surface area contributed by atoms with E-state index in [1.807, 2.05) is 5.01 Å². The van der Waals surface area contributed by atoms with Gasteiger partial charge in [-0.2, -0.15) is 0 Å². The van der Waals surface area contributed by atoms with E-state index in [2.05, 4.69) is 0 Å². The Morgan fingerprint density at radius 3 is 2.73 bits per heavy atom. The Balaban J connectivity index is 2.42. The first kappa shape index (κ1) is 8.49. The van der Waals surface area contributed by atoms with Crippen LogP contribution in [-0.4, -0.2) is 47.3 Å². The zero-order valence-electron chi connectivity index (χ0n) is 6.95. The second-order valence-corrected chi connectivity index (χ2v) is 2.93. The molecule has 0 aromatic heterocycles. The molecule has 1 unspecified atom stereocenters. The fraction of sp³-hybridized carbons (Fsp3) is 0.857. The summed E-state index contributed by atoms with van der Waals surface area (Å²) in [5.74, 6) is 0.130. The van der Waals surface area contributed by atoms with Crippen molar-refractivity contribution in [3.63, 3.8) is 0 Å². The third kappa shape index (κ3) is 1.91. The number of aliphatic hydroxyl groups is 1. The molecular formula is C7H14N2O2. The van der Waals surface area contributed by atoms with Crippen LogP contribution in [0.15, 0.2) is 0 Å². The Labute approximate surface area is 66.4 Å². The molecule has 1 amide bonds. The summed E-state index contributed by atoms with van der Waals surface area (Å²) in [5.41, 5.74) is 0. The van der Waals surface area contributed by atoms with Crippen molar-refractivity contribution in [3.8, 4) is 0 Å². The Morgan fingerprint density at radius 2 is 2.36 bits per heavy atom. The molecule has 1 aliphatic rings. The van der Waals surface area contributed by atoms with Gasteiger partial charge in [-0.05, 0) is 6.92 Å². The molecule has 0 radical (unpaired) electrons. The van der Waals surface area contributed by atoms with Crippen molar-refractivity contribution < 1.29 is 9.90 Å². The largest absolute Gasteiger partial charge is 0.392 e. The normalized spacial score (nSPS) is 22.8. The van der Waals surface area contributed by atoms with Crippen LogP contribution in [0.2, 0.25) is 0 Å². The van der Waals surface area contributed by atoms with E-state index < -0.39 is 0 Å². The van der Waals surface area contributed by atoms with Crippen LogP contribution < -0.4 is 0 Å². The average molecular weight is 158 g/mol. The number of hydrogen-bond acceptors (Lipinski definition) is 3. The van der Waals surface area contributed by atoms with Crippen molar-refractivity contribution >= 4 is 5.91 Å². The lowest BCUT2D eigenvalue weighted by Gasteiger charge is -2.24. The van der Waals surface area contributed by atoms with Crippen molar-refractivity contribution in [2.75, 3.05) is 20.1 Å². The van der Waals surface area contributed by atoms with Crippen molar-refractivity contribution in [1.29, 1.82) is 0 Å². The molecule has 0 aromatic rings. The molecule has 0 bridgehead atoms. The summed E-state index contributed by atoms with van der Waals surface area (Å²) in [6.07, 6.45) is 0.201. The lowest BCUT2D eigenvalue weighted by atomic mass is 10.4. The van der Waals surface area contributed by atoms with Crippen LogP contribution in [-0.2, 0) is 4.79 Å². The molecule has 11 heavy (non-hydrogen) atoms. The Bertz CT molecular complexity index is 159. The van der Waals surface area contributed by atoms with Gasteiger partial charge in [0.2, 0.25) is 5.91 Å². The summed E-state index contributed by atoms with van der Waals surface area (Å²) >= 11 is 0. The van der Waals surface area contributed by atoms with Crippen molar-refractivity contribution in [1.82, 2.24) is 10.0 Å². The molecule has 1 N–H and O–H groups in total. The monoisotopic (exact) mass is 158 g/mol. The second-order valence-electron chi connectivity index (χ2n) is 2.93. The predicted octanol–water partition coefficient (Wildman–Crippen LogP) is -0.554. The summed E-state index contributed by atoms with van der Waals surface area (Å²) in [6.45, 7) is 3.00. The van der Waals surface area contributed by atoms with E-state index in [4.69, 9.17) is 5.11 Å². The number of rotatable bonds is 2. The first-order valence-corrected chi connectivity index (χ1v) is 3.80. The molecule has 1 heterocycles. The molecule has 0 spiro atoms. The fourth-order valence-corrected chi connectivity index (χ4v) is 1.21. The van der Waals surface area contributed by atoms with Gasteiger partial charge < -0.3 is 5.11 Å². The molecule has 1 fully saturated rings. The molecule has 1 saturated heterocycles. The van der Waals surface area contributed by atoms with E-state index in [1.165, 1.54) is 0 Å². The standard InChI is InChI=1S/C7H14N2O2/c1-6(10)5-9-4-3-7(11)8(9)2/h6,10H,3-5H2,1-2H3. The maximum absolute atomic E-state index is 11.0. The minimum Gasteiger partial charge on any atom is -0.392 e. The molecule has 1 rings (SSSR count). The van der Waals surface area contributed by atoms with E-state index in [-0.39, 0.29) is 12.0 Å². The number of nitrogens with zero attached hydrogens (tertiary/aromatic N) is 2. The SMILES string of the molecule is CC(O)CN1CCC(=O)N1C. The minimum absolute atomic E-state index is 0.130. The van der Waals surface area contributed by atoms with Gasteiger partial charge in [0.25, 0.3) is 0 Å². The third-order valence-corrected chi connectivity index (χ3v) is 1.84. The molecule has 1 aliphatic heterocycles. The Kier molecular flexibility index (Phi) is 2.46. The van der Waals surface area contributed by atoms with Crippen molar-refractivity contribution in [3.05, 3.63) is 0 Å². The first-order valence-electron chi connectivity index (χ1n) is 3.80. The van der Waals surface area contributed by atoms with Crippen LogP contribution in [0.25, 0.3) is 0 Å². The number of carbonyl (C=O) groups excluding carboxylic acids is 1. The molecule has 0 saturated carbocycles. The highest BCUT2D eigenvalue weighted by atomic mass is 16.3. The average Bonchev–Trinajstić information content (AvgIpc) is 2.18. The van der Waals surface area contributed by atoms with Gasteiger partial charge in [0.15, 0.2) is 0 Å². The van der Waals surface area contributed by atoms with E-state index in [0.717, 1.165) is 6.54 Å². The maximum atomic E-state index is 11.0. The van der Waals surface area contributed by atoms with Crippen LogP contribution in [0.4, 0.5) is 0 Å². The Hall–Kier alpha value is -0.610. The number of hydrogen-bond donors (Lipinski definition) is 1. The van der Waals surface area contributed by atoms with E-state index in [1.54, 1.807) is 19.0 Å². The van der Waals surface area contributed by atoms with Gasteiger partial charge in [-0.3, -0.25) is 9.80 Å². The number of aliphatic hydroxyl groups excluding tert-OH is 1. The van der Waals surface area contributed by atoms with Crippen LogP contribution in [0.5, 0.6) is 0 Å². The van der Waals surface area contributed by atoms with Gasteiger partial charge in [0.05, 0.1) is 6.10 Å². The molecule has 4 heteroatoms. The van der Waals surface area contributed by atoms with E-state index >= 15 is 0 Å². The lowest BCUT2D eigenvalue weighted by molar-refractivity contribution is -0.136. The topological polar surface area (TPSA) is 43.8 Å². The minimum atomic E-state index is -0.372. The highest BCUT2D eigenvalue weighted by Crippen LogP contribution is 2.09.